The van der Waals surface area contributed by atoms with Crippen LogP contribution in [0.2, 0.25) is 5.02 Å². The Hall–Kier alpha value is -0.560. The van der Waals surface area contributed by atoms with Crippen LogP contribution in [0.1, 0.15) is 5.56 Å². The lowest BCUT2D eigenvalue weighted by Crippen LogP contribution is -2.14. The summed E-state index contributed by atoms with van der Waals surface area (Å²) < 4.78 is 28.6. The van der Waals surface area contributed by atoms with Crippen molar-refractivity contribution in [1.29, 1.82) is 0 Å². The Morgan fingerprint density at radius 1 is 1.10 bits per heavy atom. The van der Waals surface area contributed by atoms with Gasteiger partial charge in [-0.05, 0) is 64.8 Å². The molecular formula is C13H10Br2ClNO2S. The number of hydrogen-bond acceptors (Lipinski definition) is 2. The first kappa shape index (κ1) is 15.8. The second-order valence-corrected chi connectivity index (χ2v) is 8.00. The number of hydrogen-bond donors (Lipinski definition) is 1. The van der Waals surface area contributed by atoms with Gasteiger partial charge in [-0.25, -0.2) is 8.42 Å². The third kappa shape index (κ3) is 3.55. The largest absolute Gasteiger partial charge is 0.279 e. The van der Waals surface area contributed by atoms with Gasteiger partial charge in [-0.2, -0.15) is 0 Å². The van der Waals surface area contributed by atoms with Crippen molar-refractivity contribution in [3.05, 3.63) is 55.9 Å². The molecular weight excluding hydrogens is 429 g/mol. The summed E-state index contributed by atoms with van der Waals surface area (Å²) in [6, 6.07) is 9.96. The SMILES string of the molecule is Cc1cc(Cl)ccc1NS(=O)(=O)c1cc(Br)ccc1Br. The normalized spacial score (nSPS) is 11.4. The molecule has 0 aliphatic heterocycles. The maximum absolute atomic E-state index is 12.4. The van der Waals surface area contributed by atoms with E-state index in [-0.39, 0.29) is 4.90 Å². The number of nitrogens with one attached hydrogen (secondary N) is 1. The monoisotopic (exact) mass is 437 g/mol. The number of aryl methyl sites for hydroxylation is 1. The molecule has 2 aromatic carbocycles. The fraction of sp³-hybridized carbons (Fsp3) is 0.0769. The highest BCUT2D eigenvalue weighted by molar-refractivity contribution is 9.11. The van der Waals surface area contributed by atoms with Gasteiger partial charge in [-0.1, -0.05) is 27.5 Å². The van der Waals surface area contributed by atoms with Crippen LogP contribution in [-0.4, -0.2) is 8.42 Å². The van der Waals surface area contributed by atoms with E-state index in [4.69, 9.17) is 11.6 Å². The minimum atomic E-state index is -3.67. The van der Waals surface area contributed by atoms with E-state index in [1.807, 2.05) is 0 Å². The summed E-state index contributed by atoms with van der Waals surface area (Å²) in [5, 5.41) is 0.564. The fourth-order valence-corrected chi connectivity index (χ4v) is 4.49. The van der Waals surface area contributed by atoms with Crippen LogP contribution in [0.25, 0.3) is 0 Å². The van der Waals surface area contributed by atoms with E-state index in [1.165, 1.54) is 6.07 Å². The molecule has 0 amide bonds. The predicted octanol–water partition coefficient (Wildman–Crippen LogP) is 4.97. The van der Waals surface area contributed by atoms with Crippen LogP contribution in [0.15, 0.2) is 50.2 Å². The van der Waals surface area contributed by atoms with Gasteiger partial charge >= 0.3 is 0 Å². The first-order valence-electron chi connectivity index (χ1n) is 5.53. The zero-order chi connectivity index (χ0) is 14.9. The Bertz CT molecular complexity index is 763. The number of benzene rings is 2. The summed E-state index contributed by atoms with van der Waals surface area (Å²) in [7, 11) is -3.67. The van der Waals surface area contributed by atoms with Gasteiger partial charge in [0.05, 0.1) is 5.69 Å². The quantitative estimate of drug-likeness (QED) is 0.734. The molecule has 2 rings (SSSR count). The summed E-state index contributed by atoms with van der Waals surface area (Å²) >= 11 is 12.4. The first-order chi connectivity index (χ1) is 9.29. The second-order valence-electron chi connectivity index (χ2n) is 4.14. The Morgan fingerprint density at radius 3 is 2.45 bits per heavy atom. The van der Waals surface area contributed by atoms with Crippen LogP contribution >= 0.6 is 43.5 Å². The van der Waals surface area contributed by atoms with Crippen molar-refractivity contribution in [2.75, 3.05) is 4.72 Å². The Labute approximate surface area is 139 Å². The summed E-state index contributed by atoms with van der Waals surface area (Å²) in [6.07, 6.45) is 0. The number of sulfonamides is 1. The molecule has 20 heavy (non-hydrogen) atoms. The number of halogens is 3. The minimum Gasteiger partial charge on any atom is -0.279 e. The van der Waals surface area contributed by atoms with E-state index in [9.17, 15) is 8.42 Å². The van der Waals surface area contributed by atoms with Gasteiger partial charge in [0.2, 0.25) is 0 Å². The maximum atomic E-state index is 12.4. The summed E-state index contributed by atoms with van der Waals surface area (Å²) in [5.74, 6) is 0. The van der Waals surface area contributed by atoms with Crippen molar-refractivity contribution in [2.45, 2.75) is 11.8 Å². The molecule has 0 aliphatic carbocycles. The highest BCUT2D eigenvalue weighted by atomic mass is 79.9. The van der Waals surface area contributed by atoms with Gasteiger partial charge in [0.15, 0.2) is 0 Å². The van der Waals surface area contributed by atoms with Gasteiger partial charge in [-0.15, -0.1) is 0 Å². The highest BCUT2D eigenvalue weighted by Crippen LogP contribution is 2.28. The molecule has 1 N–H and O–H groups in total. The molecule has 0 radical (unpaired) electrons. The molecule has 0 saturated heterocycles. The molecule has 7 heteroatoms. The fourth-order valence-electron chi connectivity index (χ4n) is 1.62. The molecule has 0 aromatic heterocycles. The molecule has 0 bridgehead atoms. The Balaban J connectivity index is 2.43. The van der Waals surface area contributed by atoms with Gasteiger partial charge in [0, 0.05) is 14.0 Å². The van der Waals surface area contributed by atoms with Crippen molar-refractivity contribution < 1.29 is 8.42 Å². The topological polar surface area (TPSA) is 46.2 Å². The third-order valence-electron chi connectivity index (χ3n) is 2.62. The van der Waals surface area contributed by atoms with Crippen LogP contribution in [0.5, 0.6) is 0 Å². The van der Waals surface area contributed by atoms with Crippen LogP contribution in [0.3, 0.4) is 0 Å². The van der Waals surface area contributed by atoms with Gasteiger partial charge in [0.25, 0.3) is 10.0 Å². The smallest absolute Gasteiger partial charge is 0.263 e. The summed E-state index contributed by atoms with van der Waals surface area (Å²) in [5.41, 5.74) is 1.26. The van der Waals surface area contributed by atoms with E-state index in [1.54, 1.807) is 37.3 Å². The Kier molecular flexibility index (Phi) is 4.79. The van der Waals surface area contributed by atoms with Crippen molar-refractivity contribution in [3.8, 4) is 0 Å². The predicted molar refractivity (Wildman–Crippen MR) is 88.8 cm³/mol. The third-order valence-corrected chi connectivity index (χ3v) is 5.70. The summed E-state index contributed by atoms with van der Waals surface area (Å²) in [6.45, 7) is 1.79. The molecule has 0 heterocycles. The van der Waals surface area contributed by atoms with Gasteiger partial charge < -0.3 is 0 Å². The average molecular weight is 440 g/mol. The minimum absolute atomic E-state index is 0.168. The van der Waals surface area contributed by atoms with Crippen LogP contribution in [0, 0.1) is 6.92 Å². The van der Waals surface area contributed by atoms with Crippen molar-refractivity contribution in [2.24, 2.45) is 0 Å². The van der Waals surface area contributed by atoms with E-state index in [0.29, 0.717) is 19.7 Å². The molecule has 0 spiro atoms. The summed E-state index contributed by atoms with van der Waals surface area (Å²) in [4.78, 5) is 0.168. The van der Waals surface area contributed by atoms with E-state index in [0.717, 1.165) is 5.56 Å². The van der Waals surface area contributed by atoms with E-state index < -0.39 is 10.0 Å². The second kappa shape index (κ2) is 6.05. The standard InChI is InChI=1S/C13H10Br2ClNO2S/c1-8-6-10(16)3-5-12(8)17-20(18,19)13-7-9(14)2-4-11(13)15/h2-7,17H,1H3. The molecule has 3 nitrogen and oxygen atoms in total. The molecule has 0 unspecified atom stereocenters. The van der Waals surface area contributed by atoms with Crippen LogP contribution in [-0.2, 0) is 10.0 Å². The lowest BCUT2D eigenvalue weighted by Gasteiger charge is -2.12. The molecule has 0 saturated carbocycles. The van der Waals surface area contributed by atoms with Crippen LogP contribution in [0.4, 0.5) is 5.69 Å². The van der Waals surface area contributed by atoms with Crippen molar-refractivity contribution in [1.82, 2.24) is 0 Å². The molecule has 106 valence electrons. The number of anilines is 1. The van der Waals surface area contributed by atoms with Gasteiger partial charge in [-0.3, -0.25) is 4.72 Å². The van der Waals surface area contributed by atoms with Gasteiger partial charge in [0.1, 0.15) is 4.90 Å². The lowest BCUT2D eigenvalue weighted by atomic mass is 10.2. The molecule has 0 fully saturated rings. The van der Waals surface area contributed by atoms with E-state index >= 15 is 0 Å². The Morgan fingerprint density at radius 2 is 1.80 bits per heavy atom. The number of rotatable bonds is 3. The van der Waals surface area contributed by atoms with Crippen LogP contribution < -0.4 is 4.72 Å². The molecule has 0 atom stereocenters. The molecule has 0 aliphatic rings. The van der Waals surface area contributed by atoms with Crippen molar-refractivity contribution in [3.63, 3.8) is 0 Å². The zero-order valence-electron chi connectivity index (χ0n) is 10.3. The van der Waals surface area contributed by atoms with Crippen molar-refractivity contribution >= 4 is 59.2 Å². The molecule has 2 aromatic rings. The average Bonchev–Trinajstić information content (AvgIpc) is 2.35. The lowest BCUT2D eigenvalue weighted by molar-refractivity contribution is 0.600. The zero-order valence-corrected chi connectivity index (χ0v) is 15.1. The highest BCUT2D eigenvalue weighted by Gasteiger charge is 2.19. The first-order valence-corrected chi connectivity index (χ1v) is 8.98. The maximum Gasteiger partial charge on any atom is 0.263 e. The van der Waals surface area contributed by atoms with E-state index in [2.05, 4.69) is 36.6 Å².